The molecule has 9 heteroatoms. The number of benzene rings is 2. The van der Waals surface area contributed by atoms with E-state index < -0.39 is 12.2 Å². The van der Waals surface area contributed by atoms with Crippen molar-refractivity contribution in [2.75, 3.05) is 53.7 Å². The van der Waals surface area contributed by atoms with Crippen molar-refractivity contribution in [3.8, 4) is 17.2 Å². The molecule has 3 heterocycles. The summed E-state index contributed by atoms with van der Waals surface area (Å²) in [5.41, 5.74) is 3.34. The van der Waals surface area contributed by atoms with Crippen LogP contribution in [-0.4, -0.2) is 74.5 Å². The molecule has 3 aromatic rings. The molecular formula is C28H34FN3O5. The molecule has 0 aliphatic carbocycles. The third kappa shape index (κ3) is 4.92. The summed E-state index contributed by atoms with van der Waals surface area (Å²) in [5.74, 6) is 1.91. The minimum Gasteiger partial charge on any atom is -0.497 e. The van der Waals surface area contributed by atoms with Crippen LogP contribution in [0.15, 0.2) is 36.5 Å². The molecule has 37 heavy (non-hydrogen) atoms. The highest BCUT2D eigenvalue weighted by Gasteiger charge is 2.37. The molecule has 2 unspecified atom stereocenters. The van der Waals surface area contributed by atoms with Gasteiger partial charge in [0.05, 0.1) is 40.1 Å². The maximum Gasteiger partial charge on any atom is 0.320 e. The second-order valence-electron chi connectivity index (χ2n) is 9.33. The van der Waals surface area contributed by atoms with Crippen molar-refractivity contribution in [1.82, 2.24) is 14.8 Å². The average molecular weight is 512 g/mol. The second kappa shape index (κ2) is 10.9. The molecule has 1 aromatic heterocycles. The first kappa shape index (κ1) is 25.2. The molecule has 1 fully saturated rings. The number of urea groups is 1. The lowest BCUT2D eigenvalue weighted by Gasteiger charge is -2.41. The summed E-state index contributed by atoms with van der Waals surface area (Å²) >= 11 is 0. The number of carbonyl (C=O) groups is 1. The lowest BCUT2D eigenvalue weighted by molar-refractivity contribution is 0.0359. The molecule has 2 aromatic carbocycles. The van der Waals surface area contributed by atoms with Gasteiger partial charge in [0, 0.05) is 48.7 Å². The molecule has 2 aliphatic heterocycles. The Morgan fingerprint density at radius 3 is 2.68 bits per heavy atom. The van der Waals surface area contributed by atoms with Crippen molar-refractivity contribution >= 4 is 16.9 Å². The molecule has 2 atom stereocenters. The smallest absolute Gasteiger partial charge is 0.320 e. The second-order valence-corrected chi connectivity index (χ2v) is 9.33. The Morgan fingerprint density at radius 2 is 1.95 bits per heavy atom. The number of nitrogens with zero attached hydrogens (tertiary/aromatic N) is 2. The highest BCUT2D eigenvalue weighted by molar-refractivity contribution is 5.85. The molecule has 0 spiro atoms. The number of fused-ring (bicyclic) bond motifs is 2. The first-order chi connectivity index (χ1) is 18.0. The highest BCUT2D eigenvalue weighted by Crippen LogP contribution is 2.44. The number of nitrogens with one attached hydrogen (secondary N) is 1. The Kier molecular flexibility index (Phi) is 7.41. The van der Waals surface area contributed by atoms with Gasteiger partial charge in [-0.05, 0) is 54.8 Å². The molecule has 0 saturated carbocycles. The van der Waals surface area contributed by atoms with E-state index in [2.05, 4.69) is 4.98 Å². The zero-order valence-electron chi connectivity index (χ0n) is 21.6. The van der Waals surface area contributed by atoms with E-state index in [1.807, 2.05) is 42.2 Å². The van der Waals surface area contributed by atoms with Gasteiger partial charge >= 0.3 is 6.03 Å². The summed E-state index contributed by atoms with van der Waals surface area (Å²) in [6.45, 7) is 4.96. The summed E-state index contributed by atoms with van der Waals surface area (Å²) in [6.07, 6.45) is 1.18. The van der Waals surface area contributed by atoms with Crippen LogP contribution in [0.3, 0.4) is 0 Å². The molecular weight excluding hydrogens is 477 g/mol. The van der Waals surface area contributed by atoms with Gasteiger partial charge in [-0.2, -0.15) is 0 Å². The van der Waals surface area contributed by atoms with E-state index in [4.69, 9.17) is 18.9 Å². The highest BCUT2D eigenvalue weighted by atomic mass is 19.1. The Hall–Kier alpha value is -3.46. The number of aromatic amines is 1. The van der Waals surface area contributed by atoms with Gasteiger partial charge in [-0.1, -0.05) is 0 Å². The zero-order valence-corrected chi connectivity index (χ0v) is 21.6. The first-order valence-corrected chi connectivity index (χ1v) is 12.8. The van der Waals surface area contributed by atoms with Crippen LogP contribution in [0, 0.1) is 0 Å². The number of amides is 2. The zero-order chi connectivity index (χ0) is 25.9. The van der Waals surface area contributed by atoms with Crippen molar-refractivity contribution in [3.63, 3.8) is 0 Å². The van der Waals surface area contributed by atoms with Gasteiger partial charge in [-0.3, -0.25) is 0 Å². The van der Waals surface area contributed by atoms with Gasteiger partial charge in [-0.15, -0.1) is 0 Å². The Bertz CT molecular complexity index is 1260. The molecule has 2 aliphatic rings. The fourth-order valence-electron chi connectivity index (χ4n) is 5.39. The van der Waals surface area contributed by atoms with Gasteiger partial charge in [0.25, 0.3) is 0 Å². The molecule has 5 rings (SSSR count). The summed E-state index contributed by atoms with van der Waals surface area (Å²) in [7, 11) is 3.21. The Labute approximate surface area is 216 Å². The van der Waals surface area contributed by atoms with Gasteiger partial charge in [0.1, 0.15) is 11.9 Å². The summed E-state index contributed by atoms with van der Waals surface area (Å²) < 4.78 is 38.4. The van der Waals surface area contributed by atoms with E-state index in [-0.39, 0.29) is 12.5 Å². The number of ether oxygens (including phenoxy) is 4. The van der Waals surface area contributed by atoms with Crippen molar-refractivity contribution in [1.29, 1.82) is 0 Å². The lowest BCUT2D eigenvalue weighted by Crippen LogP contribution is -2.51. The van der Waals surface area contributed by atoms with E-state index in [0.717, 1.165) is 22.0 Å². The predicted octanol–water partition coefficient (Wildman–Crippen LogP) is 5.04. The minimum atomic E-state index is -1.31. The normalized spacial score (nSPS) is 18.4. The molecule has 198 valence electrons. The number of methoxy groups -OCH3 is 2. The average Bonchev–Trinajstić information content (AvgIpc) is 3.36. The van der Waals surface area contributed by atoms with Crippen molar-refractivity contribution in [3.05, 3.63) is 53.2 Å². The van der Waals surface area contributed by atoms with Crippen LogP contribution in [0.2, 0.25) is 0 Å². The van der Waals surface area contributed by atoms with E-state index >= 15 is 4.39 Å². The van der Waals surface area contributed by atoms with Crippen LogP contribution in [0.4, 0.5) is 9.18 Å². The topological polar surface area (TPSA) is 76.3 Å². The molecule has 8 nitrogen and oxygen atoms in total. The molecule has 0 radical (unpaired) electrons. The Morgan fingerprint density at radius 1 is 1.14 bits per heavy atom. The van der Waals surface area contributed by atoms with Crippen LogP contribution in [0.5, 0.6) is 17.2 Å². The lowest BCUT2D eigenvalue weighted by atomic mass is 9.87. The van der Waals surface area contributed by atoms with Crippen LogP contribution in [0.1, 0.15) is 42.2 Å². The van der Waals surface area contributed by atoms with Gasteiger partial charge in [-0.25, -0.2) is 9.18 Å². The summed E-state index contributed by atoms with van der Waals surface area (Å²) in [5, 5.41) is 0.777. The maximum absolute atomic E-state index is 16.2. The van der Waals surface area contributed by atoms with Crippen molar-refractivity contribution < 1.29 is 28.1 Å². The van der Waals surface area contributed by atoms with Crippen LogP contribution < -0.4 is 14.2 Å². The fourth-order valence-corrected chi connectivity index (χ4v) is 5.39. The number of aromatic nitrogens is 1. The third-order valence-corrected chi connectivity index (χ3v) is 7.30. The number of H-pyrrole nitrogens is 1. The van der Waals surface area contributed by atoms with E-state index in [1.54, 1.807) is 25.3 Å². The Balaban J connectivity index is 1.52. The number of carbonyl (C=O) groups excluding carboxylic acids is 1. The monoisotopic (exact) mass is 511 g/mol. The third-order valence-electron chi connectivity index (χ3n) is 7.30. The van der Waals surface area contributed by atoms with Crippen LogP contribution >= 0.6 is 0 Å². The SMILES string of the molecule is CCOc1cc2c(cc1OC)CCN(C(=O)N1CCOCC1)C2CC(F)c1c[nH]c2ccc(OC)cc12. The van der Waals surface area contributed by atoms with Gasteiger partial charge < -0.3 is 33.7 Å². The first-order valence-electron chi connectivity index (χ1n) is 12.8. The maximum atomic E-state index is 16.2. The summed E-state index contributed by atoms with van der Waals surface area (Å²) in [4.78, 5) is 20.5. The minimum absolute atomic E-state index is 0.0828. The molecule has 1 N–H and O–H groups in total. The number of alkyl halides is 1. The quantitative estimate of drug-likeness (QED) is 0.481. The largest absolute Gasteiger partial charge is 0.497 e. The van der Waals surface area contributed by atoms with Gasteiger partial charge in [0.2, 0.25) is 0 Å². The van der Waals surface area contributed by atoms with E-state index in [1.165, 1.54) is 0 Å². The van der Waals surface area contributed by atoms with Crippen LogP contribution in [0.25, 0.3) is 10.9 Å². The number of rotatable bonds is 7. The number of hydrogen-bond acceptors (Lipinski definition) is 5. The van der Waals surface area contributed by atoms with E-state index in [0.29, 0.717) is 68.7 Å². The van der Waals surface area contributed by atoms with Crippen LogP contribution in [-0.2, 0) is 11.2 Å². The molecule has 2 amide bonds. The fraction of sp³-hybridized carbons (Fsp3) is 0.464. The molecule has 0 bridgehead atoms. The van der Waals surface area contributed by atoms with Crippen molar-refractivity contribution in [2.45, 2.75) is 32.0 Å². The number of halogens is 1. The predicted molar refractivity (Wildman–Crippen MR) is 138 cm³/mol. The van der Waals surface area contributed by atoms with E-state index in [9.17, 15) is 4.79 Å². The standard InChI is InChI=1S/C28H34FN3O5/c1-4-37-27-15-20-18(13-26(27)35-3)7-8-32(28(33)31-9-11-36-12-10-31)25(20)16-23(29)22-17-30-24-6-5-19(34-2)14-21(22)24/h5-6,13-15,17,23,25,30H,4,7-12,16H2,1-3H3. The number of morpholine rings is 1. The number of hydrogen-bond donors (Lipinski definition) is 1. The van der Waals surface area contributed by atoms with Gasteiger partial charge in [0.15, 0.2) is 11.5 Å². The molecule has 1 saturated heterocycles. The van der Waals surface area contributed by atoms with Crippen molar-refractivity contribution in [2.24, 2.45) is 0 Å². The summed E-state index contributed by atoms with van der Waals surface area (Å²) in [6, 6.07) is 8.92.